The van der Waals surface area contributed by atoms with E-state index in [9.17, 15) is 14.7 Å². The zero-order valence-electron chi connectivity index (χ0n) is 18.8. The minimum atomic E-state index is -1.03. The predicted octanol–water partition coefficient (Wildman–Crippen LogP) is 6.13. The van der Waals surface area contributed by atoms with Gasteiger partial charge in [-0.15, -0.1) is 0 Å². The second-order valence-electron chi connectivity index (χ2n) is 8.53. The Morgan fingerprint density at radius 1 is 1.06 bits per heavy atom. The summed E-state index contributed by atoms with van der Waals surface area (Å²) in [5.74, 6) is 0.0168. The van der Waals surface area contributed by atoms with Crippen molar-refractivity contribution in [1.82, 2.24) is 3.96 Å². The van der Waals surface area contributed by atoms with E-state index in [1.165, 1.54) is 31.5 Å². The Morgan fingerprint density at radius 2 is 1.85 bits per heavy atom. The minimum absolute atomic E-state index is 0.103. The van der Waals surface area contributed by atoms with Gasteiger partial charge in [-0.1, -0.05) is 48.6 Å². The lowest BCUT2D eigenvalue weighted by molar-refractivity contribution is 0.0693. The first-order valence-corrected chi connectivity index (χ1v) is 12.1. The molecule has 1 heterocycles. The molecule has 0 aliphatic heterocycles. The zero-order valence-corrected chi connectivity index (χ0v) is 19.6. The highest BCUT2D eigenvalue weighted by Crippen LogP contribution is 2.33. The lowest BCUT2D eigenvalue weighted by Crippen LogP contribution is -2.16. The van der Waals surface area contributed by atoms with Crippen LogP contribution < -0.4 is 15.0 Å². The molecule has 1 aliphatic carbocycles. The van der Waals surface area contributed by atoms with E-state index in [1.54, 1.807) is 12.1 Å². The van der Waals surface area contributed by atoms with Crippen molar-refractivity contribution < 1.29 is 19.4 Å². The topological polar surface area (TPSA) is 77.8 Å². The number of hydrogen-bond donors (Lipinski definition) is 1. The number of ether oxygens (including phenoxy) is 2. The SMILES string of the molecule is COc1ccc(-c2cccc(COc3ccc4c(=O)n(C5CCCC5)sc4c3)c2)cc1C(=O)O. The second kappa shape index (κ2) is 9.35. The van der Waals surface area contributed by atoms with Gasteiger partial charge in [-0.2, -0.15) is 0 Å². The average molecular weight is 476 g/mol. The number of hydrogen-bond acceptors (Lipinski definition) is 5. The number of aromatic carboxylic acids is 1. The van der Waals surface area contributed by atoms with Crippen LogP contribution in [0, 0.1) is 0 Å². The monoisotopic (exact) mass is 475 g/mol. The Hall–Kier alpha value is -3.58. The van der Waals surface area contributed by atoms with Crippen LogP contribution in [-0.4, -0.2) is 22.1 Å². The average Bonchev–Trinajstić information content (AvgIpc) is 3.50. The zero-order chi connectivity index (χ0) is 23.7. The van der Waals surface area contributed by atoms with Gasteiger partial charge < -0.3 is 14.6 Å². The Bertz CT molecular complexity index is 1410. The highest BCUT2D eigenvalue weighted by Gasteiger charge is 2.21. The van der Waals surface area contributed by atoms with Crippen molar-refractivity contribution in [2.24, 2.45) is 0 Å². The van der Waals surface area contributed by atoms with Crippen molar-refractivity contribution in [3.63, 3.8) is 0 Å². The van der Waals surface area contributed by atoms with Crippen molar-refractivity contribution in [3.05, 3.63) is 82.1 Å². The van der Waals surface area contributed by atoms with Crippen molar-refractivity contribution in [2.75, 3.05) is 7.11 Å². The van der Waals surface area contributed by atoms with Crippen molar-refractivity contribution in [2.45, 2.75) is 38.3 Å². The van der Waals surface area contributed by atoms with Crippen LogP contribution in [-0.2, 0) is 6.61 Å². The molecule has 1 N–H and O–H groups in total. The van der Waals surface area contributed by atoms with E-state index in [-0.39, 0.29) is 11.1 Å². The third kappa shape index (κ3) is 4.31. The van der Waals surface area contributed by atoms with Gasteiger partial charge in [0.2, 0.25) is 0 Å². The summed E-state index contributed by atoms with van der Waals surface area (Å²) in [6.07, 6.45) is 4.53. The molecule has 1 aliphatic rings. The first-order chi connectivity index (χ1) is 16.5. The van der Waals surface area contributed by atoms with Crippen LogP contribution in [0.3, 0.4) is 0 Å². The van der Waals surface area contributed by atoms with Crippen LogP contribution in [0.1, 0.15) is 47.6 Å². The highest BCUT2D eigenvalue weighted by atomic mass is 32.1. The van der Waals surface area contributed by atoms with Gasteiger partial charge in [-0.25, -0.2) is 4.79 Å². The molecule has 6 nitrogen and oxygen atoms in total. The predicted molar refractivity (Wildman–Crippen MR) is 133 cm³/mol. The number of benzene rings is 3. The fourth-order valence-corrected chi connectivity index (χ4v) is 5.73. The maximum atomic E-state index is 12.8. The fraction of sp³-hybridized carbons (Fsp3) is 0.259. The van der Waals surface area contributed by atoms with Gasteiger partial charge >= 0.3 is 5.97 Å². The molecule has 1 saturated carbocycles. The van der Waals surface area contributed by atoms with Gasteiger partial charge in [0.15, 0.2) is 0 Å². The van der Waals surface area contributed by atoms with Gasteiger partial charge in [0.1, 0.15) is 23.7 Å². The number of methoxy groups -OCH3 is 1. The first kappa shape index (κ1) is 22.2. The Balaban J connectivity index is 1.35. The fourth-order valence-electron chi connectivity index (χ4n) is 4.55. The molecule has 0 atom stereocenters. The van der Waals surface area contributed by atoms with Gasteiger partial charge in [-0.05, 0) is 65.9 Å². The molecule has 4 aromatic rings. The maximum Gasteiger partial charge on any atom is 0.339 e. The molecule has 1 aromatic heterocycles. The lowest BCUT2D eigenvalue weighted by Gasteiger charge is -2.10. The van der Waals surface area contributed by atoms with E-state index in [2.05, 4.69) is 0 Å². The van der Waals surface area contributed by atoms with Gasteiger partial charge in [0.25, 0.3) is 5.56 Å². The third-order valence-electron chi connectivity index (χ3n) is 6.33. The lowest BCUT2D eigenvalue weighted by atomic mass is 10.0. The second-order valence-corrected chi connectivity index (χ2v) is 9.54. The van der Waals surface area contributed by atoms with Crippen LogP contribution in [0.25, 0.3) is 21.2 Å². The smallest absolute Gasteiger partial charge is 0.339 e. The molecule has 3 aromatic carbocycles. The van der Waals surface area contributed by atoms with Crippen molar-refractivity contribution in [1.29, 1.82) is 0 Å². The largest absolute Gasteiger partial charge is 0.496 e. The van der Waals surface area contributed by atoms with E-state index in [1.807, 2.05) is 52.5 Å². The number of fused-ring (bicyclic) bond motifs is 1. The van der Waals surface area contributed by atoms with Crippen molar-refractivity contribution >= 4 is 27.6 Å². The molecule has 0 unspecified atom stereocenters. The summed E-state index contributed by atoms with van der Waals surface area (Å²) in [7, 11) is 1.46. The van der Waals surface area contributed by atoms with E-state index in [4.69, 9.17) is 9.47 Å². The Labute approximate surface area is 201 Å². The molecule has 5 rings (SSSR count). The summed E-state index contributed by atoms with van der Waals surface area (Å²) < 4.78 is 14.1. The third-order valence-corrected chi connectivity index (χ3v) is 7.53. The summed E-state index contributed by atoms with van der Waals surface area (Å²) >= 11 is 1.53. The van der Waals surface area contributed by atoms with E-state index < -0.39 is 5.97 Å². The normalized spacial score (nSPS) is 13.9. The molecule has 0 saturated heterocycles. The maximum absolute atomic E-state index is 12.8. The number of carbonyl (C=O) groups is 1. The summed E-state index contributed by atoms with van der Waals surface area (Å²) in [6.45, 7) is 0.361. The minimum Gasteiger partial charge on any atom is -0.496 e. The molecule has 7 heteroatoms. The highest BCUT2D eigenvalue weighted by molar-refractivity contribution is 7.13. The number of nitrogens with zero attached hydrogens (tertiary/aromatic N) is 1. The number of aromatic nitrogens is 1. The number of rotatable bonds is 7. The number of carboxylic acids is 1. The molecule has 0 bridgehead atoms. The van der Waals surface area contributed by atoms with Gasteiger partial charge in [0, 0.05) is 6.04 Å². The number of carboxylic acid groups (broad SMARTS) is 1. The molecular weight excluding hydrogens is 450 g/mol. The van der Waals surface area contributed by atoms with Crippen LogP contribution in [0.15, 0.2) is 65.5 Å². The molecule has 174 valence electrons. The van der Waals surface area contributed by atoms with Gasteiger partial charge in [-0.3, -0.25) is 8.75 Å². The van der Waals surface area contributed by atoms with Crippen molar-refractivity contribution in [3.8, 4) is 22.6 Å². The Morgan fingerprint density at radius 3 is 2.62 bits per heavy atom. The van der Waals surface area contributed by atoms with Crippen LogP contribution in [0.4, 0.5) is 0 Å². The molecule has 34 heavy (non-hydrogen) atoms. The summed E-state index contributed by atoms with van der Waals surface area (Å²) in [5, 5.41) is 10.2. The van der Waals surface area contributed by atoms with Crippen LogP contribution >= 0.6 is 11.5 Å². The molecular formula is C27H25NO5S. The summed E-state index contributed by atoms with van der Waals surface area (Å²) in [6, 6.07) is 18.9. The molecule has 1 fully saturated rings. The summed E-state index contributed by atoms with van der Waals surface area (Å²) in [4.78, 5) is 24.3. The molecule has 0 spiro atoms. The van der Waals surface area contributed by atoms with E-state index in [0.717, 1.165) is 45.4 Å². The molecule has 0 radical (unpaired) electrons. The summed E-state index contributed by atoms with van der Waals surface area (Å²) in [5.41, 5.74) is 2.87. The van der Waals surface area contributed by atoms with E-state index >= 15 is 0 Å². The van der Waals surface area contributed by atoms with Crippen LogP contribution in [0.2, 0.25) is 0 Å². The van der Waals surface area contributed by atoms with Gasteiger partial charge in [0.05, 0.1) is 17.2 Å². The standard InChI is InChI=1S/C27H25NO5S/c1-32-24-12-9-19(14-23(24)27(30)31)18-6-4-5-17(13-18)16-33-21-10-11-22-25(15-21)34-28(26(22)29)20-7-2-3-8-20/h4-6,9-15,20H,2-3,7-8,16H2,1H3,(H,30,31). The quantitative estimate of drug-likeness (QED) is 0.348. The van der Waals surface area contributed by atoms with E-state index in [0.29, 0.717) is 18.4 Å². The first-order valence-electron chi connectivity index (χ1n) is 11.3. The Kier molecular flexibility index (Phi) is 6.11. The molecule has 0 amide bonds. The van der Waals surface area contributed by atoms with Crippen LogP contribution in [0.5, 0.6) is 11.5 Å².